The number of benzene rings is 2. The fourth-order valence-electron chi connectivity index (χ4n) is 3.61. The maximum absolute atomic E-state index is 13.1. The lowest BCUT2D eigenvalue weighted by atomic mass is 10.2. The molecule has 4 rings (SSSR count). The van der Waals surface area contributed by atoms with Gasteiger partial charge in [-0.1, -0.05) is 29.8 Å². The summed E-state index contributed by atoms with van der Waals surface area (Å²) in [5, 5.41) is 3.23. The van der Waals surface area contributed by atoms with E-state index in [0.29, 0.717) is 37.7 Å². The van der Waals surface area contributed by atoms with E-state index in [-0.39, 0.29) is 11.6 Å². The van der Waals surface area contributed by atoms with Gasteiger partial charge in [0.25, 0.3) is 0 Å². The lowest BCUT2D eigenvalue weighted by Crippen LogP contribution is -2.49. The summed E-state index contributed by atoms with van der Waals surface area (Å²) in [6, 6.07) is 15.5. The van der Waals surface area contributed by atoms with Crippen LogP contribution in [-0.4, -0.2) is 48.9 Å². The zero-order chi connectivity index (χ0) is 22.7. The number of hydrogen-bond donors (Lipinski definition) is 1. The standard InChI is InChI=1S/C23H26FN5O2S/c1-17-3-9-21(10-4-17)26-23-25-18(2)15-22(27-23)28-11-13-29(14-12-28)32(30,31)16-19-5-7-20(24)8-6-19/h3-10,15H,11-14,16H2,1-2H3,(H,25,26,27). The normalized spacial score (nSPS) is 15.0. The zero-order valence-corrected chi connectivity index (χ0v) is 18.9. The Hall–Kier alpha value is -3.04. The predicted octanol–water partition coefficient (Wildman–Crippen LogP) is 3.63. The zero-order valence-electron chi connectivity index (χ0n) is 18.1. The lowest BCUT2D eigenvalue weighted by molar-refractivity contribution is 0.383. The number of anilines is 3. The molecular formula is C23H26FN5O2S. The first-order valence-electron chi connectivity index (χ1n) is 10.5. The van der Waals surface area contributed by atoms with E-state index in [1.54, 1.807) is 0 Å². The largest absolute Gasteiger partial charge is 0.354 e. The Bertz CT molecular complexity index is 1180. The van der Waals surface area contributed by atoms with Gasteiger partial charge in [-0.15, -0.1) is 0 Å². The number of nitrogens with zero attached hydrogens (tertiary/aromatic N) is 4. The average Bonchev–Trinajstić information content (AvgIpc) is 2.76. The van der Waals surface area contributed by atoms with Crippen LogP contribution in [0.3, 0.4) is 0 Å². The number of aryl methyl sites for hydroxylation is 2. The Kier molecular flexibility index (Phi) is 6.38. The van der Waals surface area contributed by atoms with Gasteiger partial charge in [0, 0.05) is 43.6 Å². The minimum atomic E-state index is -3.48. The van der Waals surface area contributed by atoms with Crippen LogP contribution in [0.15, 0.2) is 54.6 Å². The average molecular weight is 456 g/mol. The minimum Gasteiger partial charge on any atom is -0.354 e. The smallest absolute Gasteiger partial charge is 0.229 e. The van der Waals surface area contributed by atoms with Crippen molar-refractivity contribution in [3.63, 3.8) is 0 Å². The number of rotatable bonds is 6. The van der Waals surface area contributed by atoms with E-state index in [1.807, 2.05) is 44.2 Å². The van der Waals surface area contributed by atoms with Crippen LogP contribution in [0.1, 0.15) is 16.8 Å². The maximum Gasteiger partial charge on any atom is 0.229 e. The van der Waals surface area contributed by atoms with E-state index < -0.39 is 10.0 Å². The molecule has 7 nitrogen and oxygen atoms in total. The van der Waals surface area contributed by atoms with Crippen LogP contribution in [0.4, 0.5) is 21.8 Å². The van der Waals surface area contributed by atoms with Crippen molar-refractivity contribution in [1.82, 2.24) is 14.3 Å². The number of halogens is 1. The summed E-state index contributed by atoms with van der Waals surface area (Å²) in [5.41, 5.74) is 3.49. The van der Waals surface area contributed by atoms with Crippen molar-refractivity contribution >= 4 is 27.5 Å². The molecule has 168 valence electrons. The number of aromatic nitrogens is 2. The molecule has 1 aliphatic rings. The van der Waals surface area contributed by atoms with Gasteiger partial charge < -0.3 is 10.2 Å². The quantitative estimate of drug-likeness (QED) is 0.612. The van der Waals surface area contributed by atoms with E-state index in [1.165, 1.54) is 34.1 Å². The van der Waals surface area contributed by atoms with Crippen LogP contribution in [0.5, 0.6) is 0 Å². The van der Waals surface area contributed by atoms with Crippen molar-refractivity contribution < 1.29 is 12.8 Å². The summed E-state index contributed by atoms with van der Waals surface area (Å²) in [6.45, 7) is 5.74. The van der Waals surface area contributed by atoms with Crippen LogP contribution in [0.25, 0.3) is 0 Å². The second-order valence-corrected chi connectivity index (χ2v) is 9.92. The third-order valence-corrected chi connectivity index (χ3v) is 7.22. The predicted molar refractivity (Wildman–Crippen MR) is 124 cm³/mol. The van der Waals surface area contributed by atoms with Gasteiger partial charge in [-0.3, -0.25) is 0 Å². The molecular weight excluding hydrogens is 429 g/mol. The van der Waals surface area contributed by atoms with Crippen molar-refractivity contribution in [1.29, 1.82) is 0 Å². The van der Waals surface area contributed by atoms with Crippen LogP contribution in [0.2, 0.25) is 0 Å². The molecule has 0 aliphatic carbocycles. The van der Waals surface area contributed by atoms with E-state index in [0.717, 1.165) is 17.2 Å². The first kappa shape index (κ1) is 22.2. The molecule has 0 unspecified atom stereocenters. The molecule has 0 bridgehead atoms. The SMILES string of the molecule is Cc1ccc(Nc2nc(C)cc(N3CCN(S(=O)(=O)Cc4ccc(F)cc4)CC3)n2)cc1. The Morgan fingerprint density at radius 3 is 2.25 bits per heavy atom. The molecule has 32 heavy (non-hydrogen) atoms. The van der Waals surface area contributed by atoms with Crippen molar-refractivity contribution in [3.8, 4) is 0 Å². The third-order valence-electron chi connectivity index (χ3n) is 5.37. The maximum atomic E-state index is 13.1. The van der Waals surface area contributed by atoms with E-state index in [2.05, 4.69) is 20.2 Å². The summed E-state index contributed by atoms with van der Waals surface area (Å²) in [5.74, 6) is 0.763. The van der Waals surface area contributed by atoms with E-state index in [4.69, 9.17) is 0 Å². The van der Waals surface area contributed by atoms with Gasteiger partial charge in [0.2, 0.25) is 16.0 Å². The molecule has 0 saturated carbocycles. The molecule has 0 spiro atoms. The van der Waals surface area contributed by atoms with Crippen LogP contribution in [0, 0.1) is 19.7 Å². The highest BCUT2D eigenvalue weighted by molar-refractivity contribution is 7.88. The molecule has 1 aliphatic heterocycles. The first-order chi connectivity index (χ1) is 15.3. The van der Waals surface area contributed by atoms with Crippen molar-refractivity contribution in [3.05, 3.63) is 77.2 Å². The summed E-state index contributed by atoms with van der Waals surface area (Å²) in [6.07, 6.45) is 0. The highest BCUT2D eigenvalue weighted by Gasteiger charge is 2.28. The molecule has 1 N–H and O–H groups in total. The molecule has 1 fully saturated rings. The second kappa shape index (κ2) is 9.22. The number of nitrogens with one attached hydrogen (secondary N) is 1. The van der Waals surface area contributed by atoms with E-state index in [9.17, 15) is 12.8 Å². The Balaban J connectivity index is 1.41. The highest BCUT2D eigenvalue weighted by Crippen LogP contribution is 2.21. The van der Waals surface area contributed by atoms with Gasteiger partial charge in [0.1, 0.15) is 11.6 Å². The van der Waals surface area contributed by atoms with Crippen LogP contribution in [-0.2, 0) is 15.8 Å². The molecule has 0 radical (unpaired) electrons. The van der Waals surface area contributed by atoms with Crippen LogP contribution >= 0.6 is 0 Å². The summed E-state index contributed by atoms with van der Waals surface area (Å²) < 4.78 is 40.2. The summed E-state index contributed by atoms with van der Waals surface area (Å²) in [4.78, 5) is 11.2. The summed E-state index contributed by atoms with van der Waals surface area (Å²) in [7, 11) is -3.48. The fourth-order valence-corrected chi connectivity index (χ4v) is 5.13. The van der Waals surface area contributed by atoms with Gasteiger partial charge in [-0.25, -0.2) is 17.8 Å². The molecule has 0 atom stereocenters. The highest BCUT2D eigenvalue weighted by atomic mass is 32.2. The Morgan fingerprint density at radius 1 is 0.938 bits per heavy atom. The summed E-state index contributed by atoms with van der Waals surface area (Å²) >= 11 is 0. The second-order valence-electron chi connectivity index (χ2n) is 7.95. The molecule has 1 saturated heterocycles. The van der Waals surface area contributed by atoms with Gasteiger partial charge in [0.05, 0.1) is 5.75 Å². The fraction of sp³-hybridized carbons (Fsp3) is 0.304. The molecule has 2 heterocycles. The van der Waals surface area contributed by atoms with Crippen molar-refractivity contribution in [2.45, 2.75) is 19.6 Å². The molecule has 1 aromatic heterocycles. The molecule has 0 amide bonds. The van der Waals surface area contributed by atoms with Crippen molar-refractivity contribution in [2.75, 3.05) is 36.4 Å². The van der Waals surface area contributed by atoms with Crippen molar-refractivity contribution in [2.24, 2.45) is 0 Å². The Morgan fingerprint density at radius 2 is 1.59 bits per heavy atom. The molecule has 3 aromatic rings. The lowest BCUT2D eigenvalue weighted by Gasteiger charge is -2.34. The first-order valence-corrected chi connectivity index (χ1v) is 12.1. The van der Waals surface area contributed by atoms with Crippen LogP contribution < -0.4 is 10.2 Å². The molecule has 9 heteroatoms. The number of piperazine rings is 1. The Labute approximate surface area is 188 Å². The number of hydrogen-bond acceptors (Lipinski definition) is 6. The van der Waals surface area contributed by atoms with E-state index >= 15 is 0 Å². The van der Waals surface area contributed by atoms with Gasteiger partial charge in [0.15, 0.2) is 0 Å². The minimum absolute atomic E-state index is 0.134. The van der Waals surface area contributed by atoms with Gasteiger partial charge in [-0.05, 0) is 43.7 Å². The molecule has 2 aromatic carbocycles. The van der Waals surface area contributed by atoms with Gasteiger partial charge in [-0.2, -0.15) is 9.29 Å². The monoisotopic (exact) mass is 455 g/mol. The number of sulfonamides is 1. The van der Waals surface area contributed by atoms with Gasteiger partial charge >= 0.3 is 0 Å². The third kappa shape index (κ3) is 5.41. The topological polar surface area (TPSA) is 78.4 Å².